The summed E-state index contributed by atoms with van der Waals surface area (Å²) < 4.78 is 13.2. The van der Waals surface area contributed by atoms with Gasteiger partial charge in [-0.2, -0.15) is 0 Å². The topological polar surface area (TPSA) is 29.1 Å². The summed E-state index contributed by atoms with van der Waals surface area (Å²) in [6.45, 7) is 0.496. The van der Waals surface area contributed by atoms with Crippen LogP contribution in [0.15, 0.2) is 59.3 Å². The Labute approximate surface area is 136 Å². The average molecular weight is 331 g/mol. The Morgan fingerprint density at radius 2 is 1.73 bits per heavy atom. The fraction of sp³-hybridized carbons (Fsp3) is 0.118. The Morgan fingerprint density at radius 1 is 1.05 bits per heavy atom. The van der Waals surface area contributed by atoms with Gasteiger partial charge in [0, 0.05) is 27.8 Å². The number of benzene rings is 1. The van der Waals surface area contributed by atoms with Crippen molar-refractivity contribution in [3.63, 3.8) is 0 Å². The van der Waals surface area contributed by atoms with Crippen molar-refractivity contribution in [1.82, 2.24) is 5.32 Å². The second-order valence-corrected chi connectivity index (χ2v) is 6.76. The quantitative estimate of drug-likeness (QED) is 0.732. The first kappa shape index (κ1) is 14.9. The molecule has 0 saturated carbocycles. The zero-order chi connectivity index (χ0) is 15.4. The first-order chi connectivity index (χ1) is 10.7. The molecule has 0 bridgehead atoms. The molecular formula is C17H14FNOS2. The molecule has 1 amide bonds. The highest BCUT2D eigenvalue weighted by Crippen LogP contribution is 2.30. The first-order valence-electron chi connectivity index (χ1n) is 6.84. The number of halogens is 1. The summed E-state index contributed by atoms with van der Waals surface area (Å²) in [6.07, 6.45) is 0. The minimum Gasteiger partial charge on any atom is -0.351 e. The van der Waals surface area contributed by atoms with Crippen molar-refractivity contribution in [2.75, 3.05) is 6.54 Å². The molecule has 0 atom stereocenters. The minimum atomic E-state index is -0.402. The van der Waals surface area contributed by atoms with E-state index in [2.05, 4.69) is 17.4 Å². The van der Waals surface area contributed by atoms with E-state index in [1.54, 1.807) is 34.8 Å². The van der Waals surface area contributed by atoms with Gasteiger partial charge in [0.15, 0.2) is 0 Å². The maximum Gasteiger partial charge on any atom is 0.251 e. The van der Waals surface area contributed by atoms with Gasteiger partial charge in [0.2, 0.25) is 0 Å². The predicted octanol–water partition coefficient (Wildman–Crippen LogP) is 4.51. The molecule has 0 fully saturated rings. The Hall–Kier alpha value is -1.98. The number of carbonyl (C=O) groups excluding carboxylic acids is 1. The lowest BCUT2D eigenvalue weighted by Gasteiger charge is -2.15. The van der Waals surface area contributed by atoms with Crippen molar-refractivity contribution in [2.45, 2.75) is 5.92 Å². The summed E-state index contributed by atoms with van der Waals surface area (Å²) in [4.78, 5) is 14.6. The molecule has 0 saturated heterocycles. The van der Waals surface area contributed by atoms with Gasteiger partial charge in [-0.3, -0.25) is 4.79 Å². The number of thiophene rings is 2. The normalized spacial score (nSPS) is 10.8. The smallest absolute Gasteiger partial charge is 0.251 e. The lowest BCUT2D eigenvalue weighted by atomic mass is 10.1. The van der Waals surface area contributed by atoms with Gasteiger partial charge in [-0.05, 0) is 41.1 Å². The summed E-state index contributed by atoms with van der Waals surface area (Å²) in [6, 6.07) is 13.9. The molecule has 1 N–H and O–H groups in total. The van der Waals surface area contributed by atoms with Crippen LogP contribution < -0.4 is 5.32 Å². The zero-order valence-electron chi connectivity index (χ0n) is 11.7. The van der Waals surface area contributed by atoms with Gasteiger partial charge >= 0.3 is 0 Å². The van der Waals surface area contributed by atoms with Crippen LogP contribution in [0.2, 0.25) is 0 Å². The Kier molecular flexibility index (Phi) is 4.65. The van der Waals surface area contributed by atoms with Crippen molar-refractivity contribution in [3.05, 3.63) is 80.4 Å². The third-order valence-electron chi connectivity index (χ3n) is 3.33. The van der Waals surface area contributed by atoms with E-state index in [4.69, 9.17) is 0 Å². The zero-order valence-corrected chi connectivity index (χ0v) is 13.3. The fourth-order valence-corrected chi connectivity index (χ4v) is 4.01. The molecule has 2 heterocycles. The number of hydrogen-bond donors (Lipinski definition) is 1. The molecule has 0 spiro atoms. The largest absolute Gasteiger partial charge is 0.351 e. The van der Waals surface area contributed by atoms with Crippen molar-refractivity contribution < 1.29 is 9.18 Å². The van der Waals surface area contributed by atoms with Crippen molar-refractivity contribution in [3.8, 4) is 0 Å². The second-order valence-electron chi connectivity index (χ2n) is 4.80. The molecule has 1 aromatic carbocycles. The highest BCUT2D eigenvalue weighted by Gasteiger charge is 2.18. The molecule has 2 nitrogen and oxygen atoms in total. The van der Waals surface area contributed by atoms with E-state index in [-0.39, 0.29) is 11.8 Å². The summed E-state index contributed by atoms with van der Waals surface area (Å²) in [5.74, 6) is -0.518. The first-order valence-corrected chi connectivity index (χ1v) is 8.60. The van der Waals surface area contributed by atoms with Crippen molar-refractivity contribution in [2.24, 2.45) is 0 Å². The van der Waals surface area contributed by atoms with Crippen LogP contribution in [-0.4, -0.2) is 12.5 Å². The monoisotopic (exact) mass is 331 g/mol. The number of hydrogen-bond acceptors (Lipinski definition) is 3. The molecule has 112 valence electrons. The Balaban J connectivity index is 1.73. The Bertz CT molecular complexity index is 704. The molecular weight excluding hydrogens is 317 g/mol. The van der Waals surface area contributed by atoms with E-state index in [0.717, 1.165) is 0 Å². The molecule has 3 aromatic rings. The van der Waals surface area contributed by atoms with Gasteiger partial charge in [-0.25, -0.2) is 4.39 Å². The van der Waals surface area contributed by atoms with E-state index in [1.807, 2.05) is 22.9 Å². The molecule has 0 radical (unpaired) electrons. The summed E-state index contributed by atoms with van der Waals surface area (Å²) in [5.41, 5.74) is 0.344. The van der Waals surface area contributed by atoms with Gasteiger partial charge in [-0.15, -0.1) is 22.7 Å². The van der Waals surface area contributed by atoms with Crippen molar-refractivity contribution in [1.29, 1.82) is 0 Å². The van der Waals surface area contributed by atoms with Crippen molar-refractivity contribution >= 4 is 28.6 Å². The van der Waals surface area contributed by atoms with Crippen LogP contribution in [0, 0.1) is 5.82 Å². The van der Waals surface area contributed by atoms with Crippen LogP contribution in [-0.2, 0) is 0 Å². The predicted molar refractivity (Wildman–Crippen MR) is 89.2 cm³/mol. The SMILES string of the molecule is O=C(NCC(c1cccs1)c1cccs1)c1cccc(F)c1. The average Bonchev–Trinajstić information content (AvgIpc) is 3.21. The molecule has 22 heavy (non-hydrogen) atoms. The minimum absolute atomic E-state index is 0.137. The molecule has 0 unspecified atom stereocenters. The second kappa shape index (κ2) is 6.85. The molecule has 3 rings (SSSR count). The van der Waals surface area contributed by atoms with Gasteiger partial charge in [0.25, 0.3) is 5.91 Å². The number of rotatable bonds is 5. The van der Waals surface area contributed by atoms with Gasteiger partial charge < -0.3 is 5.32 Å². The molecule has 0 aliphatic carbocycles. The van der Waals surface area contributed by atoms with Crippen LogP contribution in [0.25, 0.3) is 0 Å². The Morgan fingerprint density at radius 3 is 2.27 bits per heavy atom. The lowest BCUT2D eigenvalue weighted by molar-refractivity contribution is 0.0952. The van der Waals surface area contributed by atoms with Gasteiger partial charge in [0.05, 0.1) is 0 Å². The molecule has 0 aliphatic rings. The van der Waals surface area contributed by atoms with Crippen LogP contribution in [0.1, 0.15) is 26.0 Å². The van der Waals surface area contributed by atoms with Crippen LogP contribution in [0.4, 0.5) is 4.39 Å². The highest BCUT2D eigenvalue weighted by molar-refractivity contribution is 7.11. The van der Waals surface area contributed by atoms with E-state index < -0.39 is 5.82 Å². The summed E-state index contributed by atoms with van der Waals surface area (Å²) >= 11 is 3.35. The maximum absolute atomic E-state index is 13.2. The van der Waals surface area contributed by atoms with E-state index in [0.29, 0.717) is 12.1 Å². The van der Waals surface area contributed by atoms with Crippen LogP contribution in [0.3, 0.4) is 0 Å². The third-order valence-corrected chi connectivity index (χ3v) is 5.30. The van der Waals surface area contributed by atoms with E-state index >= 15 is 0 Å². The number of nitrogens with one attached hydrogen (secondary N) is 1. The number of amides is 1. The third kappa shape index (κ3) is 3.43. The number of carbonyl (C=O) groups is 1. The lowest BCUT2D eigenvalue weighted by Crippen LogP contribution is -2.28. The van der Waals surface area contributed by atoms with Crippen LogP contribution >= 0.6 is 22.7 Å². The summed E-state index contributed by atoms with van der Waals surface area (Å²) in [5, 5.41) is 6.97. The standard InChI is InChI=1S/C17H14FNOS2/c18-13-5-1-4-12(10-13)17(20)19-11-14(15-6-2-8-21-15)16-7-3-9-22-16/h1-10,14H,11H2,(H,19,20). The van der Waals surface area contributed by atoms with Gasteiger partial charge in [-0.1, -0.05) is 18.2 Å². The molecule has 5 heteroatoms. The van der Waals surface area contributed by atoms with E-state index in [9.17, 15) is 9.18 Å². The summed E-state index contributed by atoms with van der Waals surface area (Å²) in [7, 11) is 0. The molecule has 0 aliphatic heterocycles. The molecule has 2 aromatic heterocycles. The van der Waals surface area contributed by atoms with Gasteiger partial charge in [0.1, 0.15) is 5.82 Å². The van der Waals surface area contributed by atoms with E-state index in [1.165, 1.54) is 21.9 Å². The fourth-order valence-electron chi connectivity index (χ4n) is 2.25. The highest BCUT2D eigenvalue weighted by atomic mass is 32.1. The van der Waals surface area contributed by atoms with Crippen LogP contribution in [0.5, 0.6) is 0 Å². The maximum atomic E-state index is 13.2.